The molecule has 0 atom stereocenters. The Bertz CT molecular complexity index is 397. The van der Waals surface area contributed by atoms with E-state index in [1.54, 1.807) is 7.05 Å². The van der Waals surface area contributed by atoms with Crippen LogP contribution >= 0.6 is 38.9 Å². The summed E-state index contributed by atoms with van der Waals surface area (Å²) in [7, 11) is 1.66. The molecule has 0 unspecified atom stereocenters. The monoisotopic (exact) mass is 324 g/mol. The second kappa shape index (κ2) is 6.22. The Morgan fingerprint density at radius 1 is 1.56 bits per heavy atom. The second-order valence-corrected chi connectivity index (χ2v) is 5.65. The van der Waals surface area contributed by atoms with Gasteiger partial charge in [0.05, 0.1) is 15.3 Å². The summed E-state index contributed by atoms with van der Waals surface area (Å²) in [6, 6.07) is 3.69. The van der Waals surface area contributed by atoms with Gasteiger partial charge in [0.15, 0.2) is 0 Å². The van der Waals surface area contributed by atoms with Gasteiger partial charge in [-0.3, -0.25) is 9.59 Å². The van der Waals surface area contributed by atoms with Gasteiger partial charge >= 0.3 is 0 Å². The van der Waals surface area contributed by atoms with E-state index in [2.05, 4.69) is 21.2 Å². The molecule has 0 saturated carbocycles. The topological polar surface area (TPSA) is 49.4 Å². The van der Waals surface area contributed by atoms with E-state index in [0.717, 1.165) is 8.79 Å². The van der Waals surface area contributed by atoms with E-state index in [1.165, 1.54) is 16.2 Å². The normalized spacial score (nSPS) is 9.94. The minimum atomic E-state index is -0.351. The molecule has 1 aromatic rings. The molecule has 16 heavy (non-hydrogen) atoms. The van der Waals surface area contributed by atoms with Crippen LogP contribution < -0.4 is 10.2 Å². The molecule has 1 aromatic heterocycles. The van der Waals surface area contributed by atoms with Crippen LogP contribution in [0.15, 0.2) is 15.9 Å². The van der Waals surface area contributed by atoms with Gasteiger partial charge in [-0.1, -0.05) is 0 Å². The summed E-state index contributed by atoms with van der Waals surface area (Å²) >= 11 is 10.1. The number of likely N-dealkylation sites (N-methyl/N-ethyl adjacent to an activating group) is 1. The van der Waals surface area contributed by atoms with E-state index in [1.807, 2.05) is 12.1 Å². The van der Waals surface area contributed by atoms with Crippen molar-refractivity contribution in [3.8, 4) is 0 Å². The van der Waals surface area contributed by atoms with Crippen LogP contribution in [0.2, 0.25) is 0 Å². The highest BCUT2D eigenvalue weighted by molar-refractivity contribution is 9.11. The number of anilines is 1. The molecule has 88 valence electrons. The van der Waals surface area contributed by atoms with Crippen molar-refractivity contribution in [2.45, 2.75) is 0 Å². The van der Waals surface area contributed by atoms with Crippen molar-refractivity contribution in [2.75, 3.05) is 24.4 Å². The molecule has 0 radical (unpaired) electrons. The van der Waals surface area contributed by atoms with Gasteiger partial charge in [-0.25, -0.2) is 0 Å². The maximum absolute atomic E-state index is 11.6. The van der Waals surface area contributed by atoms with E-state index in [-0.39, 0.29) is 24.2 Å². The summed E-state index contributed by atoms with van der Waals surface area (Å²) in [5.74, 6) is -0.676. The molecule has 0 aliphatic rings. The van der Waals surface area contributed by atoms with Gasteiger partial charge < -0.3 is 10.2 Å². The van der Waals surface area contributed by atoms with Crippen molar-refractivity contribution in [2.24, 2.45) is 0 Å². The van der Waals surface area contributed by atoms with Crippen LogP contribution in [0.3, 0.4) is 0 Å². The lowest BCUT2D eigenvalue weighted by molar-refractivity contribution is -0.123. The Balaban J connectivity index is 2.51. The van der Waals surface area contributed by atoms with Gasteiger partial charge in [-0.15, -0.1) is 22.9 Å². The molecule has 1 N–H and O–H groups in total. The van der Waals surface area contributed by atoms with Crippen LogP contribution in [0.1, 0.15) is 0 Å². The first kappa shape index (κ1) is 13.5. The van der Waals surface area contributed by atoms with Crippen LogP contribution in [0.25, 0.3) is 0 Å². The zero-order valence-corrected chi connectivity index (χ0v) is 11.7. The third-order valence-corrected chi connectivity index (χ3v) is 3.76. The molecule has 0 bridgehead atoms. The molecule has 1 heterocycles. The molecule has 0 aliphatic carbocycles. The van der Waals surface area contributed by atoms with Gasteiger partial charge in [-0.05, 0) is 28.1 Å². The van der Waals surface area contributed by atoms with Crippen molar-refractivity contribution in [3.63, 3.8) is 0 Å². The van der Waals surface area contributed by atoms with Crippen molar-refractivity contribution in [1.82, 2.24) is 5.32 Å². The Morgan fingerprint density at radius 3 is 2.75 bits per heavy atom. The average molecular weight is 326 g/mol. The average Bonchev–Trinajstić information content (AvgIpc) is 2.71. The van der Waals surface area contributed by atoms with E-state index in [9.17, 15) is 9.59 Å². The number of amides is 2. The van der Waals surface area contributed by atoms with E-state index >= 15 is 0 Å². The third-order valence-electron chi connectivity index (χ3n) is 1.82. The third kappa shape index (κ3) is 3.77. The van der Waals surface area contributed by atoms with E-state index in [0.29, 0.717) is 0 Å². The Hall–Kier alpha value is -0.590. The molecule has 0 saturated heterocycles. The van der Waals surface area contributed by atoms with E-state index < -0.39 is 0 Å². The zero-order chi connectivity index (χ0) is 12.1. The van der Waals surface area contributed by atoms with Crippen molar-refractivity contribution >= 4 is 55.7 Å². The van der Waals surface area contributed by atoms with Gasteiger partial charge in [0, 0.05) is 7.05 Å². The fourth-order valence-electron chi connectivity index (χ4n) is 0.948. The standard InChI is InChI=1S/C9H10BrClN2O2S/c1-13(9-3-2-6(10)16-9)8(15)5-12-7(14)4-11/h2-3H,4-5H2,1H3,(H,12,14). The largest absolute Gasteiger partial charge is 0.346 e. The quantitative estimate of drug-likeness (QED) is 0.859. The number of rotatable bonds is 4. The Morgan fingerprint density at radius 2 is 2.25 bits per heavy atom. The molecular weight excluding hydrogens is 316 g/mol. The number of carbonyl (C=O) groups excluding carboxylic acids is 2. The number of carbonyl (C=O) groups is 2. The number of hydrogen-bond acceptors (Lipinski definition) is 3. The van der Waals surface area contributed by atoms with Crippen LogP contribution in [0.5, 0.6) is 0 Å². The number of nitrogens with one attached hydrogen (secondary N) is 1. The minimum Gasteiger partial charge on any atom is -0.346 e. The number of alkyl halides is 1. The minimum absolute atomic E-state index is 0.0441. The highest BCUT2D eigenvalue weighted by Gasteiger charge is 2.13. The maximum Gasteiger partial charge on any atom is 0.246 e. The first-order chi connectivity index (χ1) is 7.54. The highest BCUT2D eigenvalue weighted by Crippen LogP contribution is 2.28. The van der Waals surface area contributed by atoms with Crippen LogP contribution in [-0.4, -0.2) is 31.3 Å². The molecule has 0 aromatic carbocycles. The second-order valence-electron chi connectivity index (χ2n) is 2.94. The predicted octanol–water partition coefficient (Wildman–Crippen LogP) is 1.83. The van der Waals surface area contributed by atoms with Gasteiger partial charge in [-0.2, -0.15) is 0 Å². The van der Waals surface area contributed by atoms with Gasteiger partial charge in [0.1, 0.15) is 5.88 Å². The Labute approximate surface area is 111 Å². The van der Waals surface area contributed by atoms with Crippen molar-refractivity contribution in [3.05, 3.63) is 15.9 Å². The van der Waals surface area contributed by atoms with Crippen LogP contribution in [-0.2, 0) is 9.59 Å². The number of halogens is 2. The number of nitrogens with zero attached hydrogens (tertiary/aromatic N) is 1. The molecule has 0 fully saturated rings. The number of hydrogen-bond donors (Lipinski definition) is 1. The molecule has 1 rings (SSSR count). The lowest BCUT2D eigenvalue weighted by Gasteiger charge is -2.14. The maximum atomic E-state index is 11.6. The molecule has 4 nitrogen and oxygen atoms in total. The van der Waals surface area contributed by atoms with E-state index in [4.69, 9.17) is 11.6 Å². The number of thiophene rings is 1. The Kier molecular flexibility index (Phi) is 5.24. The lowest BCUT2D eigenvalue weighted by Crippen LogP contribution is -2.38. The van der Waals surface area contributed by atoms with Crippen molar-refractivity contribution < 1.29 is 9.59 Å². The lowest BCUT2D eigenvalue weighted by atomic mass is 10.5. The molecular formula is C9H10BrClN2O2S. The SMILES string of the molecule is CN(C(=O)CNC(=O)CCl)c1ccc(Br)s1. The summed E-state index contributed by atoms with van der Waals surface area (Å²) in [6.45, 7) is -0.0441. The highest BCUT2D eigenvalue weighted by atomic mass is 79.9. The molecule has 0 spiro atoms. The smallest absolute Gasteiger partial charge is 0.246 e. The van der Waals surface area contributed by atoms with Crippen LogP contribution in [0.4, 0.5) is 5.00 Å². The van der Waals surface area contributed by atoms with Gasteiger partial charge in [0.25, 0.3) is 0 Å². The molecule has 7 heteroatoms. The summed E-state index contributed by atoms with van der Waals surface area (Å²) in [6.07, 6.45) is 0. The summed E-state index contributed by atoms with van der Waals surface area (Å²) in [5.41, 5.74) is 0. The summed E-state index contributed by atoms with van der Waals surface area (Å²) in [4.78, 5) is 24.0. The molecule has 0 aliphatic heterocycles. The van der Waals surface area contributed by atoms with Crippen molar-refractivity contribution in [1.29, 1.82) is 0 Å². The first-order valence-electron chi connectivity index (χ1n) is 4.39. The summed E-state index contributed by atoms with van der Waals surface area (Å²) < 4.78 is 0.951. The van der Waals surface area contributed by atoms with Crippen LogP contribution in [0, 0.1) is 0 Å². The fourth-order valence-corrected chi connectivity index (χ4v) is 2.38. The summed E-state index contributed by atoms with van der Waals surface area (Å²) in [5, 5.41) is 3.24. The van der Waals surface area contributed by atoms with Gasteiger partial charge in [0.2, 0.25) is 11.8 Å². The fraction of sp³-hybridized carbons (Fsp3) is 0.333. The zero-order valence-electron chi connectivity index (χ0n) is 8.50. The predicted molar refractivity (Wildman–Crippen MR) is 69.2 cm³/mol. The molecule has 2 amide bonds. The first-order valence-corrected chi connectivity index (χ1v) is 6.53.